The van der Waals surface area contributed by atoms with Gasteiger partial charge in [0, 0.05) is 6.42 Å². The molecule has 17 heavy (non-hydrogen) atoms. The fourth-order valence-corrected chi connectivity index (χ4v) is 2.14. The maximum Gasteiger partial charge on any atom is 0.220 e. The van der Waals surface area contributed by atoms with Gasteiger partial charge in [0.25, 0.3) is 0 Å². The standard InChI is InChI=1S/C10H17NO6/c1-2-5(13)11-6-7(14)8(15)10(3-12)4-16-9(6)17-10/h6-9,12,14-15H,2-4H2,1H3,(H,11,13)/t6-,7-,8-,9-,10+/m1/s1. The Hall–Kier alpha value is -0.730. The molecule has 0 aromatic carbocycles. The highest BCUT2D eigenvalue weighted by atomic mass is 16.7. The number of carbonyl (C=O) groups excluding carboxylic acids is 1. The van der Waals surface area contributed by atoms with Crippen LogP contribution in [-0.4, -0.2) is 64.6 Å². The number of ether oxygens (including phenoxy) is 2. The zero-order valence-electron chi connectivity index (χ0n) is 9.50. The van der Waals surface area contributed by atoms with Crippen molar-refractivity contribution in [2.24, 2.45) is 0 Å². The van der Waals surface area contributed by atoms with E-state index >= 15 is 0 Å². The molecular formula is C10H17NO6. The lowest BCUT2D eigenvalue weighted by atomic mass is 9.88. The third-order valence-corrected chi connectivity index (χ3v) is 3.28. The topological polar surface area (TPSA) is 108 Å². The van der Waals surface area contributed by atoms with E-state index < -0.39 is 36.7 Å². The van der Waals surface area contributed by atoms with Crippen molar-refractivity contribution in [2.45, 2.75) is 43.5 Å². The first-order valence-electron chi connectivity index (χ1n) is 5.60. The molecule has 2 bridgehead atoms. The Kier molecular flexibility index (Phi) is 3.37. The minimum absolute atomic E-state index is 0.00904. The summed E-state index contributed by atoms with van der Waals surface area (Å²) in [4.78, 5) is 11.3. The van der Waals surface area contributed by atoms with Crippen LogP contribution in [0.25, 0.3) is 0 Å². The molecule has 0 aliphatic carbocycles. The van der Waals surface area contributed by atoms with Crippen LogP contribution in [0.1, 0.15) is 13.3 Å². The molecule has 0 aromatic heterocycles. The molecule has 0 aromatic rings. The summed E-state index contributed by atoms with van der Waals surface area (Å²) in [6.07, 6.45) is -3.10. The van der Waals surface area contributed by atoms with Gasteiger partial charge in [-0.2, -0.15) is 0 Å². The van der Waals surface area contributed by atoms with E-state index in [0.717, 1.165) is 0 Å². The van der Waals surface area contributed by atoms with Crippen molar-refractivity contribution >= 4 is 5.91 Å². The predicted octanol–water partition coefficient (Wildman–Crippen LogP) is -2.28. The zero-order chi connectivity index (χ0) is 12.6. The van der Waals surface area contributed by atoms with Crippen LogP contribution >= 0.6 is 0 Å². The van der Waals surface area contributed by atoms with Crippen LogP contribution < -0.4 is 5.32 Å². The van der Waals surface area contributed by atoms with Gasteiger partial charge in [0.2, 0.25) is 5.91 Å². The van der Waals surface area contributed by atoms with E-state index in [0.29, 0.717) is 0 Å². The number of aliphatic hydroxyl groups is 3. The first-order valence-corrected chi connectivity index (χ1v) is 5.60. The summed E-state index contributed by atoms with van der Waals surface area (Å²) in [5.41, 5.74) is -1.28. The van der Waals surface area contributed by atoms with Gasteiger partial charge in [-0.1, -0.05) is 6.92 Å². The number of aliphatic hydroxyl groups excluding tert-OH is 3. The molecule has 98 valence electrons. The lowest BCUT2D eigenvalue weighted by Gasteiger charge is -2.41. The molecule has 0 spiro atoms. The van der Waals surface area contributed by atoms with Crippen molar-refractivity contribution in [2.75, 3.05) is 13.2 Å². The Bertz CT molecular complexity index is 311. The van der Waals surface area contributed by atoms with Crippen molar-refractivity contribution in [3.63, 3.8) is 0 Å². The molecule has 2 aliphatic heterocycles. The van der Waals surface area contributed by atoms with Crippen LogP contribution in [0.4, 0.5) is 0 Å². The van der Waals surface area contributed by atoms with E-state index in [1.807, 2.05) is 0 Å². The average Bonchev–Trinajstić information content (AvgIpc) is 2.75. The normalized spacial score (nSPS) is 44.7. The number of carbonyl (C=O) groups is 1. The zero-order valence-corrected chi connectivity index (χ0v) is 9.50. The van der Waals surface area contributed by atoms with Crippen molar-refractivity contribution in [3.05, 3.63) is 0 Å². The smallest absolute Gasteiger partial charge is 0.220 e. The summed E-state index contributed by atoms with van der Waals surface area (Å²) < 4.78 is 10.6. The minimum atomic E-state index is -1.30. The molecule has 2 aliphatic rings. The second kappa shape index (κ2) is 4.51. The van der Waals surface area contributed by atoms with Crippen molar-refractivity contribution < 1.29 is 29.6 Å². The highest BCUT2D eigenvalue weighted by Gasteiger charge is 2.59. The summed E-state index contributed by atoms with van der Waals surface area (Å²) in [5, 5.41) is 31.6. The van der Waals surface area contributed by atoms with Crippen LogP contribution in [-0.2, 0) is 14.3 Å². The van der Waals surface area contributed by atoms with Gasteiger partial charge in [-0.25, -0.2) is 0 Å². The second-order valence-corrected chi connectivity index (χ2v) is 4.40. The number of amides is 1. The summed E-state index contributed by atoms with van der Waals surface area (Å²) in [5.74, 6) is -0.267. The van der Waals surface area contributed by atoms with Gasteiger partial charge in [0.05, 0.1) is 13.2 Å². The van der Waals surface area contributed by atoms with Crippen LogP contribution in [0, 0.1) is 0 Å². The van der Waals surface area contributed by atoms with Gasteiger partial charge in [-0.3, -0.25) is 4.79 Å². The van der Waals surface area contributed by atoms with E-state index in [2.05, 4.69) is 5.32 Å². The Morgan fingerprint density at radius 3 is 2.82 bits per heavy atom. The van der Waals surface area contributed by atoms with Crippen molar-refractivity contribution in [3.8, 4) is 0 Å². The Balaban J connectivity index is 2.14. The predicted molar refractivity (Wildman–Crippen MR) is 54.9 cm³/mol. The van der Waals surface area contributed by atoms with E-state index in [1.165, 1.54) is 0 Å². The summed E-state index contributed by atoms with van der Waals surface area (Å²) >= 11 is 0. The maximum atomic E-state index is 11.3. The summed E-state index contributed by atoms with van der Waals surface area (Å²) in [7, 11) is 0. The summed E-state index contributed by atoms with van der Waals surface area (Å²) in [6.45, 7) is 1.22. The molecule has 2 rings (SSSR count). The van der Waals surface area contributed by atoms with E-state index in [1.54, 1.807) is 6.92 Å². The number of nitrogens with one attached hydrogen (secondary N) is 1. The monoisotopic (exact) mass is 247 g/mol. The Labute approximate surface area is 98.3 Å². The van der Waals surface area contributed by atoms with Crippen LogP contribution in [0.3, 0.4) is 0 Å². The largest absolute Gasteiger partial charge is 0.393 e. The first kappa shape index (κ1) is 12.7. The van der Waals surface area contributed by atoms with Gasteiger partial charge < -0.3 is 30.1 Å². The highest BCUT2D eigenvalue weighted by molar-refractivity contribution is 5.76. The first-order chi connectivity index (χ1) is 8.04. The Morgan fingerprint density at radius 2 is 2.24 bits per heavy atom. The molecular weight excluding hydrogens is 230 g/mol. The van der Waals surface area contributed by atoms with Crippen LogP contribution in [0.5, 0.6) is 0 Å². The summed E-state index contributed by atoms with van der Waals surface area (Å²) in [6, 6.07) is -0.820. The Morgan fingerprint density at radius 1 is 1.53 bits per heavy atom. The van der Waals surface area contributed by atoms with Crippen LogP contribution in [0.2, 0.25) is 0 Å². The quantitative estimate of drug-likeness (QED) is 0.447. The molecule has 0 saturated carbocycles. The molecule has 1 amide bonds. The van der Waals surface area contributed by atoms with Gasteiger partial charge in [-0.05, 0) is 0 Å². The molecule has 4 N–H and O–H groups in total. The molecule has 2 fully saturated rings. The second-order valence-electron chi connectivity index (χ2n) is 4.40. The van der Waals surface area contributed by atoms with E-state index in [4.69, 9.17) is 9.47 Å². The maximum absolute atomic E-state index is 11.3. The van der Waals surface area contributed by atoms with Gasteiger partial charge >= 0.3 is 0 Å². The number of fused-ring (bicyclic) bond motifs is 2. The van der Waals surface area contributed by atoms with Crippen LogP contribution in [0.15, 0.2) is 0 Å². The van der Waals surface area contributed by atoms with Crippen molar-refractivity contribution in [1.29, 1.82) is 0 Å². The third-order valence-electron chi connectivity index (χ3n) is 3.28. The van der Waals surface area contributed by atoms with Gasteiger partial charge in [-0.15, -0.1) is 0 Å². The number of hydrogen-bond acceptors (Lipinski definition) is 6. The van der Waals surface area contributed by atoms with E-state index in [9.17, 15) is 20.1 Å². The third kappa shape index (κ3) is 1.94. The molecule has 2 saturated heterocycles. The number of hydrogen-bond donors (Lipinski definition) is 4. The van der Waals surface area contributed by atoms with Crippen molar-refractivity contribution in [1.82, 2.24) is 5.32 Å². The highest BCUT2D eigenvalue weighted by Crippen LogP contribution is 2.36. The van der Waals surface area contributed by atoms with Gasteiger partial charge in [0.1, 0.15) is 23.9 Å². The lowest BCUT2D eigenvalue weighted by Crippen LogP contribution is -2.66. The molecule has 0 radical (unpaired) electrons. The fraction of sp³-hybridized carbons (Fsp3) is 0.900. The minimum Gasteiger partial charge on any atom is -0.393 e. The fourth-order valence-electron chi connectivity index (χ4n) is 2.14. The molecule has 0 unspecified atom stereocenters. The lowest BCUT2D eigenvalue weighted by molar-refractivity contribution is -0.233. The average molecular weight is 247 g/mol. The molecule has 7 heteroatoms. The van der Waals surface area contributed by atoms with E-state index in [-0.39, 0.29) is 18.9 Å². The van der Waals surface area contributed by atoms with Gasteiger partial charge in [0.15, 0.2) is 6.29 Å². The number of rotatable bonds is 3. The molecule has 7 nitrogen and oxygen atoms in total. The molecule has 2 heterocycles. The molecule has 5 atom stereocenters. The SMILES string of the molecule is CCC(=O)N[C@H]1[C@@H]2OC[C@](CO)(O2)[C@H](O)[C@@H]1O.